The number of hydrogen-bond acceptors (Lipinski definition) is 4. The number of methoxy groups -OCH3 is 1. The monoisotopic (exact) mass is 504 g/mol. The summed E-state index contributed by atoms with van der Waals surface area (Å²) in [6, 6.07) is 19.5. The van der Waals surface area contributed by atoms with Gasteiger partial charge in [0.05, 0.1) is 12.8 Å². The number of imide groups is 2. The third-order valence-corrected chi connectivity index (χ3v) is 6.22. The topological polar surface area (TPSA) is 75.7 Å². The molecule has 0 atom stereocenters. The molecule has 1 saturated heterocycles. The Hall–Kier alpha value is -3.71. The van der Waals surface area contributed by atoms with Crippen LogP contribution in [-0.2, 0) is 16.0 Å². The Morgan fingerprint density at radius 3 is 2.42 bits per heavy atom. The van der Waals surface area contributed by atoms with Crippen LogP contribution in [0.4, 0.5) is 10.5 Å². The van der Waals surface area contributed by atoms with Gasteiger partial charge in [-0.3, -0.25) is 14.9 Å². The van der Waals surface area contributed by atoms with E-state index in [9.17, 15) is 14.4 Å². The minimum atomic E-state index is -0.764. The van der Waals surface area contributed by atoms with Gasteiger partial charge in [-0.15, -0.1) is 0 Å². The van der Waals surface area contributed by atoms with Crippen molar-refractivity contribution in [2.75, 3.05) is 12.0 Å². The van der Waals surface area contributed by atoms with Crippen LogP contribution in [0.3, 0.4) is 0 Å². The molecule has 7 heteroatoms. The van der Waals surface area contributed by atoms with E-state index in [0.29, 0.717) is 23.4 Å². The first-order valence-electron chi connectivity index (χ1n) is 10.3. The van der Waals surface area contributed by atoms with Crippen molar-refractivity contribution in [3.63, 3.8) is 0 Å². The fourth-order valence-electron chi connectivity index (χ4n) is 3.70. The number of amides is 4. The number of carbonyl (C=O) groups excluding carboxylic acids is 3. The number of aryl methyl sites for hydroxylation is 1. The van der Waals surface area contributed by atoms with Gasteiger partial charge in [0.25, 0.3) is 11.8 Å². The predicted molar refractivity (Wildman–Crippen MR) is 130 cm³/mol. The lowest BCUT2D eigenvalue weighted by atomic mass is 9.96. The van der Waals surface area contributed by atoms with Crippen LogP contribution in [0.1, 0.15) is 22.3 Å². The predicted octanol–water partition coefficient (Wildman–Crippen LogP) is 5.02. The summed E-state index contributed by atoms with van der Waals surface area (Å²) in [5.41, 5.74) is 3.66. The molecular weight excluding hydrogens is 484 g/mol. The van der Waals surface area contributed by atoms with Gasteiger partial charge >= 0.3 is 6.03 Å². The Balaban J connectivity index is 1.78. The molecule has 1 aliphatic heterocycles. The van der Waals surface area contributed by atoms with Crippen molar-refractivity contribution in [1.29, 1.82) is 0 Å². The molecule has 1 heterocycles. The average molecular weight is 505 g/mol. The van der Waals surface area contributed by atoms with Crippen LogP contribution in [0.5, 0.6) is 5.75 Å². The van der Waals surface area contributed by atoms with E-state index >= 15 is 0 Å². The van der Waals surface area contributed by atoms with Gasteiger partial charge in [0.2, 0.25) is 0 Å². The van der Waals surface area contributed by atoms with Gasteiger partial charge in [-0.05, 0) is 65.9 Å². The minimum Gasteiger partial charge on any atom is -0.497 e. The number of nitrogens with one attached hydrogen (secondary N) is 1. The Kier molecular flexibility index (Phi) is 6.42. The molecule has 0 saturated carbocycles. The van der Waals surface area contributed by atoms with Crippen LogP contribution in [-0.4, -0.2) is 25.0 Å². The second-order valence-electron chi connectivity index (χ2n) is 7.58. The molecule has 1 N–H and O–H groups in total. The highest BCUT2D eigenvalue weighted by Crippen LogP contribution is 2.28. The van der Waals surface area contributed by atoms with Crippen molar-refractivity contribution in [1.82, 2.24) is 5.32 Å². The Labute approximate surface area is 200 Å². The van der Waals surface area contributed by atoms with Gasteiger partial charge in [0.15, 0.2) is 0 Å². The van der Waals surface area contributed by atoms with Crippen LogP contribution in [0.25, 0.3) is 6.08 Å². The molecule has 6 nitrogen and oxygen atoms in total. The largest absolute Gasteiger partial charge is 0.497 e. The van der Waals surface area contributed by atoms with Crippen molar-refractivity contribution in [2.24, 2.45) is 0 Å². The number of para-hydroxylation sites is 1. The molecule has 166 valence electrons. The summed E-state index contributed by atoms with van der Waals surface area (Å²) in [6.07, 6.45) is 2.08. The quantitative estimate of drug-likeness (QED) is 0.390. The van der Waals surface area contributed by atoms with Gasteiger partial charge in [-0.2, -0.15) is 0 Å². The van der Waals surface area contributed by atoms with Gasteiger partial charge < -0.3 is 4.74 Å². The normalized spacial score (nSPS) is 15.1. The second kappa shape index (κ2) is 9.42. The lowest BCUT2D eigenvalue weighted by Gasteiger charge is -2.27. The zero-order chi connectivity index (χ0) is 23.5. The molecule has 3 aromatic rings. The lowest BCUT2D eigenvalue weighted by molar-refractivity contribution is -0.122. The maximum absolute atomic E-state index is 13.3. The highest BCUT2D eigenvalue weighted by Gasteiger charge is 2.37. The standard InChI is InChI=1S/C26H21BrN2O4/c1-16-7-3-6-10-23(16)29-25(31)21(24(30)28-26(29)32)15-17-11-12-20(33-2)14-19(17)13-18-8-4-5-9-22(18)27/h3-12,14-15H,13H2,1-2H3,(H,28,30,32)/b21-15+. The van der Waals surface area contributed by atoms with E-state index in [2.05, 4.69) is 21.2 Å². The van der Waals surface area contributed by atoms with Crippen LogP contribution in [0.2, 0.25) is 0 Å². The molecule has 3 aromatic carbocycles. The van der Waals surface area contributed by atoms with Crippen molar-refractivity contribution in [2.45, 2.75) is 13.3 Å². The first-order chi connectivity index (χ1) is 15.9. The van der Waals surface area contributed by atoms with E-state index in [1.54, 1.807) is 44.4 Å². The maximum atomic E-state index is 13.3. The van der Waals surface area contributed by atoms with Gasteiger partial charge in [0, 0.05) is 4.47 Å². The molecule has 4 amide bonds. The third kappa shape index (κ3) is 4.59. The van der Waals surface area contributed by atoms with E-state index in [0.717, 1.165) is 26.1 Å². The number of halogens is 1. The maximum Gasteiger partial charge on any atom is 0.335 e. The first kappa shape index (κ1) is 22.5. The zero-order valence-electron chi connectivity index (χ0n) is 18.1. The molecular formula is C26H21BrN2O4. The Bertz CT molecular complexity index is 1300. The van der Waals surface area contributed by atoms with E-state index in [1.165, 1.54) is 6.08 Å². The smallest absolute Gasteiger partial charge is 0.335 e. The number of barbiturate groups is 1. The van der Waals surface area contributed by atoms with Crippen LogP contribution >= 0.6 is 15.9 Å². The highest BCUT2D eigenvalue weighted by molar-refractivity contribution is 9.10. The summed E-state index contributed by atoms with van der Waals surface area (Å²) in [7, 11) is 1.58. The van der Waals surface area contributed by atoms with E-state index < -0.39 is 17.8 Å². The fraction of sp³-hybridized carbons (Fsp3) is 0.115. The molecule has 1 fully saturated rings. The third-order valence-electron chi connectivity index (χ3n) is 5.45. The minimum absolute atomic E-state index is 0.114. The first-order valence-corrected chi connectivity index (χ1v) is 11.1. The van der Waals surface area contributed by atoms with Crippen molar-refractivity contribution in [3.8, 4) is 5.75 Å². The molecule has 0 bridgehead atoms. The second-order valence-corrected chi connectivity index (χ2v) is 8.43. The summed E-state index contributed by atoms with van der Waals surface area (Å²) in [4.78, 5) is 39.5. The number of ether oxygens (including phenoxy) is 1. The average Bonchev–Trinajstić information content (AvgIpc) is 2.80. The van der Waals surface area contributed by atoms with Crippen molar-refractivity contribution in [3.05, 3.63) is 99.0 Å². The lowest BCUT2D eigenvalue weighted by Crippen LogP contribution is -2.54. The molecule has 0 radical (unpaired) electrons. The zero-order valence-corrected chi connectivity index (χ0v) is 19.7. The molecule has 0 spiro atoms. The number of benzene rings is 3. The Morgan fingerprint density at radius 2 is 1.70 bits per heavy atom. The van der Waals surface area contributed by atoms with Crippen molar-refractivity contribution < 1.29 is 19.1 Å². The summed E-state index contributed by atoms with van der Waals surface area (Å²) in [5, 5.41) is 2.28. The molecule has 0 unspecified atom stereocenters. The fourth-order valence-corrected chi connectivity index (χ4v) is 4.12. The van der Waals surface area contributed by atoms with Crippen LogP contribution in [0, 0.1) is 6.92 Å². The van der Waals surface area contributed by atoms with Crippen molar-refractivity contribution >= 4 is 45.5 Å². The number of carbonyl (C=O) groups is 3. The Morgan fingerprint density at radius 1 is 0.970 bits per heavy atom. The van der Waals surface area contributed by atoms with E-state index in [4.69, 9.17) is 4.74 Å². The molecule has 0 aliphatic carbocycles. The summed E-state index contributed by atoms with van der Waals surface area (Å²) < 4.78 is 6.33. The summed E-state index contributed by atoms with van der Waals surface area (Å²) >= 11 is 3.57. The van der Waals surface area contributed by atoms with Gasteiger partial charge in [-0.1, -0.05) is 58.4 Å². The van der Waals surface area contributed by atoms with E-state index in [-0.39, 0.29) is 5.57 Å². The number of hydrogen-bond donors (Lipinski definition) is 1. The highest BCUT2D eigenvalue weighted by atomic mass is 79.9. The summed E-state index contributed by atoms with van der Waals surface area (Å²) in [6.45, 7) is 1.80. The van der Waals surface area contributed by atoms with E-state index in [1.807, 2.05) is 36.4 Å². The molecule has 4 rings (SSSR count). The SMILES string of the molecule is COc1ccc(/C=C2\C(=O)NC(=O)N(c3ccccc3C)C2=O)c(Cc2ccccc2Br)c1. The molecule has 33 heavy (non-hydrogen) atoms. The number of nitrogens with zero attached hydrogens (tertiary/aromatic N) is 1. The van der Waals surface area contributed by atoms with Gasteiger partial charge in [0.1, 0.15) is 11.3 Å². The number of urea groups is 1. The van der Waals surface area contributed by atoms with Crippen LogP contribution < -0.4 is 15.0 Å². The van der Waals surface area contributed by atoms with Crippen LogP contribution in [0.15, 0.2) is 76.8 Å². The molecule has 0 aromatic heterocycles. The number of rotatable bonds is 5. The van der Waals surface area contributed by atoms with Gasteiger partial charge in [-0.25, -0.2) is 9.69 Å². The summed E-state index contributed by atoms with van der Waals surface area (Å²) in [5.74, 6) is -0.728. The molecule has 1 aliphatic rings. The number of anilines is 1.